The van der Waals surface area contributed by atoms with Gasteiger partial charge < -0.3 is 8.98 Å². The van der Waals surface area contributed by atoms with Gasteiger partial charge in [-0.15, -0.1) is 11.3 Å². The van der Waals surface area contributed by atoms with E-state index in [2.05, 4.69) is 40.9 Å². The predicted octanol–water partition coefficient (Wildman–Crippen LogP) is 5.25. The molecule has 0 aliphatic carbocycles. The van der Waals surface area contributed by atoms with Gasteiger partial charge in [0.15, 0.2) is 10.6 Å². The first-order chi connectivity index (χ1) is 12.2. The number of benzene rings is 1. The first kappa shape index (κ1) is 15.8. The fraction of sp³-hybridized carbons (Fsp3) is 0.200. The Morgan fingerprint density at radius 2 is 2.08 bits per heavy atom. The summed E-state index contributed by atoms with van der Waals surface area (Å²) < 4.78 is 8.31. The van der Waals surface area contributed by atoms with Crippen LogP contribution in [0.1, 0.15) is 13.8 Å². The maximum absolute atomic E-state index is 6.07. The Morgan fingerprint density at radius 1 is 1.20 bits per heavy atom. The molecule has 0 aliphatic heterocycles. The van der Waals surface area contributed by atoms with Crippen molar-refractivity contribution in [2.24, 2.45) is 10.9 Å². The van der Waals surface area contributed by atoms with Crippen LogP contribution in [0.15, 0.2) is 69.6 Å². The van der Waals surface area contributed by atoms with Crippen LogP contribution in [0.3, 0.4) is 0 Å². The van der Waals surface area contributed by atoms with E-state index >= 15 is 0 Å². The number of nitrogens with zero attached hydrogens (tertiary/aromatic N) is 3. The average molecular weight is 349 g/mol. The Morgan fingerprint density at radius 3 is 2.84 bits per heavy atom. The fourth-order valence-electron chi connectivity index (χ4n) is 2.80. The lowest BCUT2D eigenvalue weighted by atomic mass is 10.2. The lowest BCUT2D eigenvalue weighted by molar-refractivity contribution is 0.511. The number of hydrogen-bond acceptors (Lipinski definition) is 4. The van der Waals surface area contributed by atoms with Crippen LogP contribution in [-0.4, -0.2) is 9.55 Å². The topological polar surface area (TPSA) is 43.3 Å². The summed E-state index contributed by atoms with van der Waals surface area (Å²) in [5.41, 5.74) is 2.83. The van der Waals surface area contributed by atoms with Gasteiger partial charge in [0.1, 0.15) is 5.58 Å². The van der Waals surface area contributed by atoms with Crippen LogP contribution < -0.4 is 4.80 Å². The minimum Gasteiger partial charge on any atom is -0.454 e. The van der Waals surface area contributed by atoms with Gasteiger partial charge in [-0.3, -0.25) is 4.98 Å². The van der Waals surface area contributed by atoms with Crippen LogP contribution in [0.5, 0.6) is 0 Å². The Labute approximate surface area is 150 Å². The fourth-order valence-corrected chi connectivity index (χ4v) is 3.72. The highest BCUT2D eigenvalue weighted by atomic mass is 32.1. The number of furan rings is 1. The summed E-state index contributed by atoms with van der Waals surface area (Å²) in [6.07, 6.45) is 3.54. The summed E-state index contributed by atoms with van der Waals surface area (Å²) in [7, 11) is 0. The highest BCUT2D eigenvalue weighted by Gasteiger charge is 2.14. The van der Waals surface area contributed by atoms with Crippen LogP contribution >= 0.6 is 11.3 Å². The van der Waals surface area contributed by atoms with Crippen LogP contribution in [0.4, 0.5) is 5.69 Å². The zero-order chi connectivity index (χ0) is 17.2. The lowest BCUT2D eigenvalue weighted by Crippen LogP contribution is -2.18. The van der Waals surface area contributed by atoms with Crippen molar-refractivity contribution < 1.29 is 4.42 Å². The summed E-state index contributed by atoms with van der Waals surface area (Å²) in [5, 5.41) is 3.24. The second kappa shape index (κ2) is 6.69. The van der Waals surface area contributed by atoms with Gasteiger partial charge in [-0.2, -0.15) is 0 Å². The Balaban J connectivity index is 1.86. The molecule has 1 aromatic carbocycles. The summed E-state index contributed by atoms with van der Waals surface area (Å²) in [4.78, 5) is 9.88. The second-order valence-electron chi connectivity index (χ2n) is 6.38. The number of thiazole rings is 1. The zero-order valence-electron chi connectivity index (χ0n) is 14.2. The normalized spacial score (nSPS) is 12.4. The number of pyridine rings is 1. The van der Waals surface area contributed by atoms with E-state index in [0.29, 0.717) is 5.92 Å². The predicted molar refractivity (Wildman–Crippen MR) is 102 cm³/mol. The standard InChI is InChI=1S/C20H19N3OS/c1-14(2)12-23-17(19-10-15-6-3-4-8-18(15)24-19)13-25-20(23)22-16-7-5-9-21-11-16/h3-11,13-14H,12H2,1-2H3. The Kier molecular flexibility index (Phi) is 4.24. The van der Waals surface area contributed by atoms with E-state index in [1.165, 1.54) is 0 Å². The van der Waals surface area contributed by atoms with Gasteiger partial charge in [0.05, 0.1) is 17.6 Å². The lowest BCUT2D eigenvalue weighted by Gasteiger charge is -2.09. The molecule has 0 amide bonds. The van der Waals surface area contributed by atoms with Gasteiger partial charge >= 0.3 is 0 Å². The molecule has 0 fully saturated rings. The molecule has 4 aromatic rings. The summed E-state index contributed by atoms with van der Waals surface area (Å²) >= 11 is 1.63. The molecule has 126 valence electrons. The van der Waals surface area contributed by atoms with Crippen LogP contribution in [0.2, 0.25) is 0 Å². The molecule has 4 rings (SSSR count). The molecule has 0 saturated heterocycles. The molecule has 0 saturated carbocycles. The van der Waals surface area contributed by atoms with Crippen molar-refractivity contribution in [2.75, 3.05) is 0 Å². The van der Waals surface area contributed by atoms with Crippen molar-refractivity contribution in [3.8, 4) is 11.5 Å². The van der Waals surface area contributed by atoms with E-state index < -0.39 is 0 Å². The molecule has 0 aliphatic rings. The number of rotatable bonds is 4. The maximum Gasteiger partial charge on any atom is 0.190 e. The van der Waals surface area contributed by atoms with Gasteiger partial charge in [-0.25, -0.2) is 4.99 Å². The largest absolute Gasteiger partial charge is 0.454 e. The van der Waals surface area contributed by atoms with Gasteiger partial charge in [0.2, 0.25) is 0 Å². The highest BCUT2D eigenvalue weighted by Crippen LogP contribution is 2.28. The summed E-state index contributed by atoms with van der Waals surface area (Å²) in [5.74, 6) is 1.39. The summed E-state index contributed by atoms with van der Waals surface area (Å²) in [6, 6.07) is 14.1. The molecule has 3 heterocycles. The van der Waals surface area contributed by atoms with Crippen LogP contribution in [0.25, 0.3) is 22.4 Å². The van der Waals surface area contributed by atoms with Gasteiger partial charge in [-0.1, -0.05) is 32.0 Å². The molecule has 0 radical (unpaired) electrons. The van der Waals surface area contributed by atoms with Crippen molar-refractivity contribution in [1.29, 1.82) is 0 Å². The van der Waals surface area contributed by atoms with Gasteiger partial charge in [0.25, 0.3) is 0 Å². The van der Waals surface area contributed by atoms with Gasteiger partial charge in [0, 0.05) is 23.5 Å². The minimum absolute atomic E-state index is 0.505. The third-order valence-corrected chi connectivity index (χ3v) is 4.76. The summed E-state index contributed by atoms with van der Waals surface area (Å²) in [6.45, 7) is 5.30. The smallest absolute Gasteiger partial charge is 0.190 e. The maximum atomic E-state index is 6.07. The highest BCUT2D eigenvalue weighted by molar-refractivity contribution is 7.07. The minimum atomic E-state index is 0.505. The van der Waals surface area contributed by atoms with E-state index in [0.717, 1.165) is 39.5 Å². The van der Waals surface area contributed by atoms with Crippen LogP contribution in [-0.2, 0) is 6.54 Å². The zero-order valence-corrected chi connectivity index (χ0v) is 15.0. The first-order valence-corrected chi connectivity index (χ1v) is 9.21. The molecule has 3 aromatic heterocycles. The molecule has 0 N–H and O–H groups in total. The van der Waals surface area contributed by atoms with E-state index in [4.69, 9.17) is 9.41 Å². The van der Waals surface area contributed by atoms with Crippen molar-refractivity contribution in [3.05, 3.63) is 65.0 Å². The van der Waals surface area contributed by atoms with Crippen LogP contribution in [0, 0.1) is 5.92 Å². The first-order valence-electron chi connectivity index (χ1n) is 8.33. The molecule has 0 atom stereocenters. The quantitative estimate of drug-likeness (QED) is 0.505. The second-order valence-corrected chi connectivity index (χ2v) is 7.22. The number of aromatic nitrogens is 2. The Bertz CT molecular complexity index is 1020. The molecular formula is C20H19N3OS. The molecule has 0 unspecified atom stereocenters. The van der Waals surface area contributed by atoms with Crippen molar-refractivity contribution in [2.45, 2.75) is 20.4 Å². The number of hydrogen-bond donors (Lipinski definition) is 0. The molecule has 25 heavy (non-hydrogen) atoms. The number of fused-ring (bicyclic) bond motifs is 1. The third kappa shape index (κ3) is 3.28. The monoisotopic (exact) mass is 349 g/mol. The average Bonchev–Trinajstić information content (AvgIpc) is 3.19. The molecule has 5 heteroatoms. The van der Waals surface area contributed by atoms with E-state index in [1.807, 2.05) is 30.3 Å². The third-order valence-electron chi connectivity index (χ3n) is 3.89. The van der Waals surface area contributed by atoms with E-state index in [9.17, 15) is 0 Å². The molecule has 0 bridgehead atoms. The molecular weight excluding hydrogens is 330 g/mol. The SMILES string of the molecule is CC(C)Cn1c(-c2cc3ccccc3o2)csc1=Nc1cccnc1. The van der Waals surface area contributed by atoms with Crippen molar-refractivity contribution >= 4 is 28.0 Å². The van der Waals surface area contributed by atoms with E-state index in [1.54, 1.807) is 23.7 Å². The van der Waals surface area contributed by atoms with E-state index in [-0.39, 0.29) is 0 Å². The van der Waals surface area contributed by atoms with Crippen molar-refractivity contribution in [3.63, 3.8) is 0 Å². The van der Waals surface area contributed by atoms with Gasteiger partial charge in [-0.05, 0) is 30.2 Å². The Hall–Kier alpha value is -2.66. The molecule has 0 spiro atoms. The van der Waals surface area contributed by atoms with Crippen molar-refractivity contribution in [1.82, 2.24) is 9.55 Å². The molecule has 4 nitrogen and oxygen atoms in total. The number of para-hydroxylation sites is 1.